The van der Waals surface area contributed by atoms with Crippen molar-refractivity contribution in [1.29, 1.82) is 0 Å². The van der Waals surface area contributed by atoms with Gasteiger partial charge in [-0.15, -0.1) is 0 Å². The van der Waals surface area contributed by atoms with Crippen LogP contribution in [0.4, 0.5) is 11.4 Å². The van der Waals surface area contributed by atoms with Crippen molar-refractivity contribution >= 4 is 33.3 Å². The largest absolute Gasteiger partial charge is 0.456 e. The molecule has 1 saturated carbocycles. The lowest BCUT2D eigenvalue weighted by Crippen LogP contribution is -2.28. The van der Waals surface area contributed by atoms with Crippen LogP contribution in [0.3, 0.4) is 0 Å². The van der Waals surface area contributed by atoms with Crippen LogP contribution in [0.5, 0.6) is 0 Å². The van der Waals surface area contributed by atoms with Gasteiger partial charge in [-0.25, -0.2) is 0 Å². The molecule has 2 aliphatic rings. The lowest BCUT2D eigenvalue weighted by atomic mass is 9.66. The normalized spacial score (nSPS) is 15.6. The Morgan fingerprint density at radius 3 is 1.91 bits per heavy atom. The molecule has 0 aliphatic heterocycles. The molecule has 1 N–H and O–H groups in total. The third-order valence-corrected chi connectivity index (χ3v) is 10.3. The average Bonchev–Trinajstić information content (AvgIpc) is 3.63. The number of nitrogens with one attached hydrogen (secondary N) is 1. The Morgan fingerprint density at radius 1 is 0.533 bits per heavy atom. The van der Waals surface area contributed by atoms with Crippen LogP contribution < -0.4 is 5.32 Å². The Kier molecular flexibility index (Phi) is 6.16. The summed E-state index contributed by atoms with van der Waals surface area (Å²) in [6.45, 7) is 0. The molecule has 2 heteroatoms. The van der Waals surface area contributed by atoms with Crippen LogP contribution in [0.15, 0.2) is 144 Å². The number of hydrogen-bond donors (Lipinski definition) is 1. The van der Waals surface area contributed by atoms with Gasteiger partial charge in [0.05, 0.1) is 5.41 Å². The van der Waals surface area contributed by atoms with E-state index in [-0.39, 0.29) is 0 Å². The van der Waals surface area contributed by atoms with E-state index in [1.54, 1.807) is 0 Å². The van der Waals surface area contributed by atoms with Gasteiger partial charge in [0.1, 0.15) is 11.2 Å². The fraction of sp³-hybridized carbons (Fsp3) is 0.163. The fourth-order valence-electron chi connectivity index (χ4n) is 8.34. The van der Waals surface area contributed by atoms with Crippen molar-refractivity contribution in [1.82, 2.24) is 0 Å². The summed E-state index contributed by atoms with van der Waals surface area (Å²) in [6, 6.07) is 51.1. The second-order valence-corrected chi connectivity index (χ2v) is 12.8. The molecular formula is C43H35NO. The molecule has 0 atom stereocenters. The second kappa shape index (κ2) is 10.5. The Labute approximate surface area is 264 Å². The summed E-state index contributed by atoms with van der Waals surface area (Å²) >= 11 is 0. The molecule has 0 unspecified atom stereocenters. The minimum absolute atomic E-state index is 0.483. The average molecular weight is 582 g/mol. The van der Waals surface area contributed by atoms with Gasteiger partial charge in [0, 0.05) is 22.1 Å². The van der Waals surface area contributed by atoms with Gasteiger partial charge in [-0.2, -0.15) is 0 Å². The van der Waals surface area contributed by atoms with Crippen LogP contribution in [0.1, 0.15) is 65.8 Å². The molecule has 1 aromatic heterocycles. The van der Waals surface area contributed by atoms with Gasteiger partial charge >= 0.3 is 0 Å². The first-order valence-electron chi connectivity index (χ1n) is 16.4. The second-order valence-electron chi connectivity index (χ2n) is 12.8. The van der Waals surface area contributed by atoms with E-state index in [2.05, 4.69) is 145 Å². The predicted molar refractivity (Wildman–Crippen MR) is 187 cm³/mol. The van der Waals surface area contributed by atoms with Crippen LogP contribution >= 0.6 is 0 Å². The van der Waals surface area contributed by atoms with E-state index in [1.165, 1.54) is 76.4 Å². The molecule has 0 amide bonds. The highest BCUT2D eigenvalue weighted by Gasteiger charge is 2.47. The molecule has 0 radical (unpaired) electrons. The summed E-state index contributed by atoms with van der Waals surface area (Å²) in [7, 11) is 0. The Hall–Kier alpha value is -5.08. The van der Waals surface area contributed by atoms with Crippen molar-refractivity contribution < 1.29 is 4.42 Å². The number of benzene rings is 6. The van der Waals surface area contributed by atoms with Gasteiger partial charge in [-0.05, 0) is 94.1 Å². The van der Waals surface area contributed by atoms with Gasteiger partial charge in [0.25, 0.3) is 0 Å². The molecule has 1 heterocycles. The van der Waals surface area contributed by atoms with Gasteiger partial charge in [-0.3, -0.25) is 0 Å². The molecule has 7 aromatic rings. The van der Waals surface area contributed by atoms with Crippen molar-refractivity contribution in [2.45, 2.75) is 43.4 Å². The number of furan rings is 1. The first kappa shape index (κ1) is 26.3. The first-order valence-corrected chi connectivity index (χ1v) is 16.4. The SMILES string of the molecule is c1ccc(C2(c3cccc4oc5ccc(Nc6ccc(C7CCCCC7)cc6)cc5c34)c3ccccc3-c3ccccc32)cc1. The summed E-state index contributed by atoms with van der Waals surface area (Å²) in [5.41, 5.74) is 12.7. The highest BCUT2D eigenvalue weighted by atomic mass is 16.3. The molecular weight excluding hydrogens is 546 g/mol. The molecule has 9 rings (SSSR count). The van der Waals surface area contributed by atoms with Crippen molar-refractivity contribution in [3.63, 3.8) is 0 Å². The van der Waals surface area contributed by atoms with Gasteiger partial charge in [0.15, 0.2) is 0 Å². The Morgan fingerprint density at radius 2 is 1.18 bits per heavy atom. The Bertz CT molecular complexity index is 2120. The summed E-state index contributed by atoms with van der Waals surface area (Å²) in [4.78, 5) is 0. The number of anilines is 2. The summed E-state index contributed by atoms with van der Waals surface area (Å²) in [5, 5.41) is 5.99. The highest BCUT2D eigenvalue weighted by molar-refractivity contribution is 6.10. The maximum atomic E-state index is 6.57. The first-order chi connectivity index (χ1) is 22.3. The zero-order valence-electron chi connectivity index (χ0n) is 25.3. The third-order valence-electron chi connectivity index (χ3n) is 10.3. The van der Waals surface area contributed by atoms with E-state index in [0.717, 1.165) is 27.9 Å². The molecule has 0 bridgehead atoms. The minimum Gasteiger partial charge on any atom is -0.456 e. The van der Waals surface area contributed by atoms with Gasteiger partial charge in [-0.1, -0.05) is 122 Å². The number of hydrogen-bond acceptors (Lipinski definition) is 2. The van der Waals surface area contributed by atoms with Crippen LogP contribution in [-0.4, -0.2) is 0 Å². The zero-order valence-corrected chi connectivity index (χ0v) is 25.3. The lowest BCUT2D eigenvalue weighted by Gasteiger charge is -2.34. The van der Waals surface area contributed by atoms with E-state index in [9.17, 15) is 0 Å². The van der Waals surface area contributed by atoms with Crippen LogP contribution in [0, 0.1) is 0 Å². The van der Waals surface area contributed by atoms with Crippen LogP contribution in [0.25, 0.3) is 33.1 Å². The van der Waals surface area contributed by atoms with E-state index in [0.29, 0.717) is 5.92 Å². The highest BCUT2D eigenvalue weighted by Crippen LogP contribution is 2.57. The standard InChI is InChI=1S/C43H35NO/c1-3-12-29(13-4-1)30-22-24-32(25-23-30)44-33-26-27-40-36(28-33)42-39(20-11-21-41(42)45-40)43(31-14-5-2-6-15-31)37-18-9-7-16-34(37)35-17-8-10-19-38(35)43/h2,5-11,14-29,44H,1,3-4,12-13H2. The van der Waals surface area contributed by atoms with Crippen molar-refractivity contribution in [3.05, 3.63) is 167 Å². The van der Waals surface area contributed by atoms with E-state index in [1.807, 2.05) is 0 Å². The predicted octanol–water partition coefficient (Wildman–Crippen LogP) is 11.7. The molecule has 0 spiro atoms. The number of rotatable bonds is 5. The molecule has 6 aromatic carbocycles. The van der Waals surface area contributed by atoms with E-state index < -0.39 is 5.41 Å². The molecule has 1 fully saturated rings. The number of fused-ring (bicyclic) bond motifs is 6. The Balaban J connectivity index is 1.22. The minimum atomic E-state index is -0.483. The monoisotopic (exact) mass is 581 g/mol. The van der Waals surface area contributed by atoms with Crippen LogP contribution in [0.2, 0.25) is 0 Å². The topological polar surface area (TPSA) is 25.2 Å². The third kappa shape index (κ3) is 4.09. The summed E-state index contributed by atoms with van der Waals surface area (Å²) in [5.74, 6) is 0.711. The van der Waals surface area contributed by atoms with E-state index in [4.69, 9.17) is 4.42 Å². The van der Waals surface area contributed by atoms with E-state index >= 15 is 0 Å². The van der Waals surface area contributed by atoms with Gasteiger partial charge in [0.2, 0.25) is 0 Å². The maximum absolute atomic E-state index is 6.57. The molecule has 0 saturated heterocycles. The maximum Gasteiger partial charge on any atom is 0.135 e. The van der Waals surface area contributed by atoms with Crippen molar-refractivity contribution in [2.75, 3.05) is 5.32 Å². The molecule has 45 heavy (non-hydrogen) atoms. The molecule has 218 valence electrons. The van der Waals surface area contributed by atoms with Gasteiger partial charge < -0.3 is 9.73 Å². The smallest absolute Gasteiger partial charge is 0.135 e. The van der Waals surface area contributed by atoms with Crippen molar-refractivity contribution in [3.8, 4) is 11.1 Å². The summed E-state index contributed by atoms with van der Waals surface area (Å²) < 4.78 is 6.57. The fourth-order valence-corrected chi connectivity index (χ4v) is 8.34. The summed E-state index contributed by atoms with van der Waals surface area (Å²) in [6.07, 6.45) is 6.73. The lowest BCUT2D eigenvalue weighted by molar-refractivity contribution is 0.443. The molecule has 2 aliphatic carbocycles. The van der Waals surface area contributed by atoms with Crippen molar-refractivity contribution in [2.24, 2.45) is 0 Å². The zero-order chi connectivity index (χ0) is 29.8. The van der Waals surface area contributed by atoms with Crippen LogP contribution in [-0.2, 0) is 5.41 Å². The quantitative estimate of drug-likeness (QED) is 0.219. The molecule has 2 nitrogen and oxygen atoms in total.